The second-order valence-electron chi connectivity index (χ2n) is 4.83. The topological polar surface area (TPSA) is 49.8 Å². The molecule has 2 aliphatic rings. The number of aromatic nitrogens is 2. The summed E-state index contributed by atoms with van der Waals surface area (Å²) < 4.78 is 0. The average Bonchev–Trinajstić information content (AvgIpc) is 2.83. The van der Waals surface area contributed by atoms with Gasteiger partial charge in [-0.05, 0) is 49.4 Å². The third-order valence-electron chi connectivity index (χ3n) is 3.71. The molecule has 0 bridgehead atoms. The third-order valence-corrected chi connectivity index (χ3v) is 4.17. The van der Waals surface area contributed by atoms with E-state index in [1.165, 1.54) is 19.0 Å². The van der Waals surface area contributed by atoms with Crippen LogP contribution in [0.25, 0.3) is 0 Å². The molecule has 1 saturated carbocycles. The number of nitrogens with zero attached hydrogens (tertiary/aromatic N) is 2. The van der Waals surface area contributed by atoms with Crippen LogP contribution in [0.5, 0.6) is 0 Å². The fourth-order valence-corrected chi connectivity index (χ4v) is 3.20. The first-order chi connectivity index (χ1) is 8.22. The number of nitrogens with one attached hydrogen (secondary N) is 2. The van der Waals surface area contributed by atoms with E-state index in [-0.39, 0.29) is 5.28 Å². The molecular weight excluding hydrogens is 259 g/mol. The summed E-state index contributed by atoms with van der Waals surface area (Å²) in [4.78, 5) is 7.97. The molecule has 0 radical (unpaired) electrons. The Balaban J connectivity index is 1.69. The van der Waals surface area contributed by atoms with Crippen LogP contribution in [0.4, 0.5) is 5.82 Å². The Morgan fingerprint density at radius 3 is 2.65 bits per heavy atom. The molecule has 0 aromatic carbocycles. The quantitative estimate of drug-likeness (QED) is 0.811. The lowest BCUT2D eigenvalue weighted by Gasteiger charge is -2.15. The second-order valence-corrected chi connectivity index (χ2v) is 5.57. The van der Waals surface area contributed by atoms with Gasteiger partial charge in [-0.25, -0.2) is 4.98 Å². The Bertz CT molecular complexity index is 414. The number of hydrogen-bond donors (Lipinski definition) is 2. The lowest BCUT2D eigenvalue weighted by atomic mass is 10.0. The SMILES string of the molecule is Clc1ncc(Cl)c(NC2CC3CNCC3C2)n1. The van der Waals surface area contributed by atoms with Gasteiger partial charge in [0.05, 0.1) is 6.20 Å². The molecular formula is C11H14Cl2N4. The van der Waals surface area contributed by atoms with Crippen LogP contribution >= 0.6 is 23.2 Å². The van der Waals surface area contributed by atoms with Gasteiger partial charge in [0.2, 0.25) is 5.28 Å². The molecule has 2 fully saturated rings. The summed E-state index contributed by atoms with van der Waals surface area (Å²) in [6.45, 7) is 2.28. The molecule has 92 valence electrons. The highest BCUT2D eigenvalue weighted by atomic mass is 35.5. The third kappa shape index (κ3) is 2.34. The predicted octanol–water partition coefficient (Wildman–Crippen LogP) is 2.19. The predicted molar refractivity (Wildman–Crippen MR) is 68.5 cm³/mol. The van der Waals surface area contributed by atoms with Gasteiger partial charge in [0, 0.05) is 6.04 Å². The summed E-state index contributed by atoms with van der Waals surface area (Å²) in [5, 5.41) is 7.58. The van der Waals surface area contributed by atoms with Gasteiger partial charge in [0.15, 0.2) is 0 Å². The molecule has 2 heterocycles. The highest BCUT2D eigenvalue weighted by molar-refractivity contribution is 6.33. The molecule has 0 spiro atoms. The van der Waals surface area contributed by atoms with E-state index in [1.807, 2.05) is 0 Å². The van der Waals surface area contributed by atoms with Crippen LogP contribution in [0.2, 0.25) is 10.3 Å². The second kappa shape index (κ2) is 4.59. The number of halogens is 2. The Hall–Kier alpha value is -0.580. The molecule has 2 N–H and O–H groups in total. The summed E-state index contributed by atoms with van der Waals surface area (Å²) in [5.74, 6) is 2.25. The first-order valence-electron chi connectivity index (χ1n) is 5.87. The van der Waals surface area contributed by atoms with E-state index < -0.39 is 0 Å². The van der Waals surface area contributed by atoms with Crippen molar-refractivity contribution in [2.45, 2.75) is 18.9 Å². The fraction of sp³-hybridized carbons (Fsp3) is 0.636. The largest absolute Gasteiger partial charge is 0.366 e. The van der Waals surface area contributed by atoms with Gasteiger partial charge >= 0.3 is 0 Å². The Labute approximate surface area is 110 Å². The zero-order valence-corrected chi connectivity index (χ0v) is 10.8. The normalized spacial score (nSPS) is 31.5. The van der Waals surface area contributed by atoms with E-state index >= 15 is 0 Å². The maximum absolute atomic E-state index is 6.04. The number of rotatable bonds is 2. The fourth-order valence-electron chi connectivity index (χ4n) is 2.92. The summed E-state index contributed by atoms with van der Waals surface area (Å²) in [5.41, 5.74) is 0. The van der Waals surface area contributed by atoms with Crippen molar-refractivity contribution in [3.05, 3.63) is 16.5 Å². The van der Waals surface area contributed by atoms with E-state index in [0.717, 1.165) is 24.9 Å². The minimum Gasteiger partial charge on any atom is -0.366 e. The summed E-state index contributed by atoms with van der Waals surface area (Å²) in [7, 11) is 0. The van der Waals surface area contributed by atoms with Crippen molar-refractivity contribution in [3.63, 3.8) is 0 Å². The van der Waals surface area contributed by atoms with Crippen molar-refractivity contribution < 1.29 is 0 Å². The standard InChI is InChI=1S/C11H14Cl2N4/c12-9-5-15-11(13)17-10(9)16-8-1-6-3-14-4-7(6)2-8/h5-8,14H,1-4H2,(H,15,16,17). The van der Waals surface area contributed by atoms with Gasteiger partial charge < -0.3 is 10.6 Å². The van der Waals surface area contributed by atoms with E-state index in [2.05, 4.69) is 20.6 Å². The van der Waals surface area contributed by atoms with Gasteiger partial charge in [-0.1, -0.05) is 11.6 Å². The molecule has 4 nitrogen and oxygen atoms in total. The van der Waals surface area contributed by atoms with Crippen LogP contribution in [0.3, 0.4) is 0 Å². The van der Waals surface area contributed by atoms with E-state index in [1.54, 1.807) is 0 Å². The van der Waals surface area contributed by atoms with Crippen molar-refractivity contribution in [3.8, 4) is 0 Å². The van der Waals surface area contributed by atoms with Crippen molar-refractivity contribution >= 4 is 29.0 Å². The highest BCUT2D eigenvalue weighted by Gasteiger charge is 2.37. The van der Waals surface area contributed by atoms with Crippen LogP contribution in [0.1, 0.15) is 12.8 Å². The zero-order valence-electron chi connectivity index (χ0n) is 9.29. The smallest absolute Gasteiger partial charge is 0.224 e. The first kappa shape index (κ1) is 11.5. The molecule has 17 heavy (non-hydrogen) atoms. The van der Waals surface area contributed by atoms with Crippen molar-refractivity contribution in [1.82, 2.24) is 15.3 Å². The molecule has 1 aliphatic heterocycles. The van der Waals surface area contributed by atoms with E-state index in [4.69, 9.17) is 23.2 Å². The molecule has 1 aromatic rings. The van der Waals surface area contributed by atoms with Crippen LogP contribution in [-0.2, 0) is 0 Å². The average molecular weight is 273 g/mol. The molecule has 6 heteroatoms. The van der Waals surface area contributed by atoms with Crippen molar-refractivity contribution in [1.29, 1.82) is 0 Å². The Kier molecular flexibility index (Phi) is 3.11. The lowest BCUT2D eigenvalue weighted by Crippen LogP contribution is -2.21. The van der Waals surface area contributed by atoms with Crippen molar-refractivity contribution in [2.75, 3.05) is 18.4 Å². The van der Waals surface area contributed by atoms with Crippen LogP contribution in [-0.4, -0.2) is 29.1 Å². The number of fused-ring (bicyclic) bond motifs is 1. The Morgan fingerprint density at radius 1 is 1.24 bits per heavy atom. The minimum atomic E-state index is 0.233. The number of hydrogen-bond acceptors (Lipinski definition) is 4. The first-order valence-corrected chi connectivity index (χ1v) is 6.63. The van der Waals surface area contributed by atoms with Crippen LogP contribution < -0.4 is 10.6 Å². The maximum atomic E-state index is 6.04. The number of anilines is 1. The van der Waals surface area contributed by atoms with Gasteiger partial charge in [-0.3, -0.25) is 0 Å². The van der Waals surface area contributed by atoms with Crippen molar-refractivity contribution in [2.24, 2.45) is 11.8 Å². The summed E-state index contributed by atoms with van der Waals surface area (Å²) in [6.07, 6.45) is 3.89. The molecule has 1 aromatic heterocycles. The van der Waals surface area contributed by atoms with E-state index in [0.29, 0.717) is 16.9 Å². The highest BCUT2D eigenvalue weighted by Crippen LogP contribution is 2.36. The molecule has 3 rings (SSSR count). The zero-order chi connectivity index (χ0) is 11.8. The van der Waals surface area contributed by atoms with Gasteiger partial charge in [0.25, 0.3) is 0 Å². The molecule has 1 aliphatic carbocycles. The minimum absolute atomic E-state index is 0.233. The van der Waals surface area contributed by atoms with Crippen LogP contribution in [0, 0.1) is 11.8 Å². The lowest BCUT2D eigenvalue weighted by molar-refractivity contribution is 0.494. The maximum Gasteiger partial charge on any atom is 0.224 e. The molecule has 0 amide bonds. The van der Waals surface area contributed by atoms with Crippen LogP contribution in [0.15, 0.2) is 6.20 Å². The molecule has 2 atom stereocenters. The van der Waals surface area contributed by atoms with E-state index in [9.17, 15) is 0 Å². The molecule has 1 saturated heterocycles. The van der Waals surface area contributed by atoms with Gasteiger partial charge in [-0.15, -0.1) is 0 Å². The Morgan fingerprint density at radius 2 is 1.94 bits per heavy atom. The molecule has 2 unspecified atom stereocenters. The monoisotopic (exact) mass is 272 g/mol. The van der Waals surface area contributed by atoms with Gasteiger partial charge in [0.1, 0.15) is 10.8 Å². The summed E-state index contributed by atoms with van der Waals surface area (Å²) >= 11 is 11.8. The van der Waals surface area contributed by atoms with Gasteiger partial charge in [-0.2, -0.15) is 4.98 Å². The summed E-state index contributed by atoms with van der Waals surface area (Å²) in [6, 6.07) is 0.454.